The Labute approximate surface area is 118 Å². The van der Waals surface area contributed by atoms with Gasteiger partial charge in [-0.25, -0.2) is 0 Å². The number of fused-ring (bicyclic) bond motifs is 3. The second-order valence-corrected chi connectivity index (χ2v) is 5.90. The molecule has 1 amide bonds. The van der Waals surface area contributed by atoms with E-state index in [1.54, 1.807) is 0 Å². The highest BCUT2D eigenvalue weighted by molar-refractivity contribution is 6.03. The van der Waals surface area contributed by atoms with Gasteiger partial charge >= 0.3 is 0 Å². The predicted molar refractivity (Wildman–Crippen MR) is 81.4 cm³/mol. The summed E-state index contributed by atoms with van der Waals surface area (Å²) in [5.41, 5.74) is 0.930. The molecule has 0 radical (unpaired) electrons. The maximum Gasteiger partial charge on any atom is 0.228 e. The average molecular weight is 263 g/mol. The Balaban J connectivity index is 1.62. The number of carbonyl (C=O) groups excluding carboxylic acids is 1. The predicted octanol–water partition coefficient (Wildman–Crippen LogP) is 3.99. The number of nitrogens with one attached hydrogen (secondary N) is 1. The smallest absolute Gasteiger partial charge is 0.228 e. The molecule has 2 aromatic rings. The second kappa shape index (κ2) is 4.48. The second-order valence-electron chi connectivity index (χ2n) is 5.90. The van der Waals surface area contributed by atoms with Crippen molar-refractivity contribution in [3.63, 3.8) is 0 Å². The molecule has 0 heterocycles. The van der Waals surface area contributed by atoms with Crippen LogP contribution in [-0.2, 0) is 4.79 Å². The molecular formula is C18H17NO. The van der Waals surface area contributed by atoms with Crippen LogP contribution in [0.15, 0.2) is 54.6 Å². The van der Waals surface area contributed by atoms with Crippen LogP contribution in [0.25, 0.3) is 10.8 Å². The molecule has 1 saturated carbocycles. The van der Waals surface area contributed by atoms with Gasteiger partial charge in [0.25, 0.3) is 0 Å². The van der Waals surface area contributed by atoms with Crippen LogP contribution in [0.5, 0.6) is 0 Å². The quantitative estimate of drug-likeness (QED) is 0.815. The first-order valence-corrected chi connectivity index (χ1v) is 7.28. The molecule has 0 unspecified atom stereocenters. The van der Waals surface area contributed by atoms with Gasteiger partial charge < -0.3 is 5.32 Å². The fraction of sp³-hybridized carbons (Fsp3) is 0.278. The van der Waals surface area contributed by atoms with E-state index in [9.17, 15) is 4.79 Å². The molecule has 100 valence electrons. The van der Waals surface area contributed by atoms with Crippen molar-refractivity contribution < 1.29 is 4.79 Å². The molecular weight excluding hydrogens is 246 g/mol. The first-order chi connectivity index (χ1) is 9.81. The SMILES string of the molecule is O=C(Nc1cccc2ccccc12)[C@H]1C[C@H]2C=C[C@H]1C2. The molecule has 2 aliphatic carbocycles. The van der Waals surface area contributed by atoms with Crippen molar-refractivity contribution in [1.29, 1.82) is 0 Å². The van der Waals surface area contributed by atoms with Gasteiger partial charge in [0.2, 0.25) is 5.91 Å². The normalized spacial score (nSPS) is 27.1. The van der Waals surface area contributed by atoms with E-state index in [0.717, 1.165) is 29.3 Å². The van der Waals surface area contributed by atoms with Crippen LogP contribution in [0.4, 0.5) is 5.69 Å². The number of allylic oxidation sites excluding steroid dienone is 2. The lowest BCUT2D eigenvalue weighted by Gasteiger charge is -2.18. The third-order valence-electron chi connectivity index (χ3n) is 4.66. The molecule has 1 N–H and O–H groups in total. The summed E-state index contributed by atoms with van der Waals surface area (Å²) < 4.78 is 0. The number of hydrogen-bond acceptors (Lipinski definition) is 1. The van der Waals surface area contributed by atoms with Crippen molar-refractivity contribution in [3.8, 4) is 0 Å². The third-order valence-corrected chi connectivity index (χ3v) is 4.66. The Kier molecular flexibility index (Phi) is 2.62. The first-order valence-electron chi connectivity index (χ1n) is 7.28. The van der Waals surface area contributed by atoms with Crippen LogP contribution in [0.1, 0.15) is 12.8 Å². The summed E-state index contributed by atoms with van der Waals surface area (Å²) in [7, 11) is 0. The zero-order valence-corrected chi connectivity index (χ0v) is 11.3. The van der Waals surface area contributed by atoms with E-state index in [-0.39, 0.29) is 11.8 Å². The maximum absolute atomic E-state index is 12.5. The van der Waals surface area contributed by atoms with Gasteiger partial charge in [0.15, 0.2) is 0 Å². The molecule has 1 fully saturated rings. The molecule has 0 aliphatic heterocycles. The van der Waals surface area contributed by atoms with Crippen molar-refractivity contribution in [1.82, 2.24) is 0 Å². The summed E-state index contributed by atoms with van der Waals surface area (Å²) >= 11 is 0. The third kappa shape index (κ3) is 1.83. The highest BCUT2D eigenvalue weighted by Crippen LogP contribution is 2.43. The Morgan fingerprint density at radius 2 is 1.85 bits per heavy atom. The zero-order valence-electron chi connectivity index (χ0n) is 11.3. The zero-order chi connectivity index (χ0) is 13.5. The van der Waals surface area contributed by atoms with E-state index in [1.807, 2.05) is 24.3 Å². The fourth-order valence-electron chi connectivity index (χ4n) is 3.64. The van der Waals surface area contributed by atoms with E-state index >= 15 is 0 Å². The van der Waals surface area contributed by atoms with E-state index in [0.29, 0.717) is 11.8 Å². The standard InChI is InChI=1S/C18H17NO/c20-18(16-11-12-8-9-14(16)10-12)19-17-7-3-5-13-4-1-2-6-15(13)17/h1-9,12,14,16H,10-11H2,(H,19,20)/t12-,14-,16-/m0/s1. The van der Waals surface area contributed by atoms with Crippen LogP contribution in [0.3, 0.4) is 0 Å². The van der Waals surface area contributed by atoms with E-state index < -0.39 is 0 Å². The Hall–Kier alpha value is -2.09. The monoisotopic (exact) mass is 263 g/mol. The van der Waals surface area contributed by atoms with Gasteiger partial charge in [0.05, 0.1) is 0 Å². The van der Waals surface area contributed by atoms with Gasteiger partial charge in [0, 0.05) is 17.0 Å². The van der Waals surface area contributed by atoms with Crippen LogP contribution in [0.2, 0.25) is 0 Å². The maximum atomic E-state index is 12.5. The Bertz CT molecular complexity index is 698. The molecule has 2 bridgehead atoms. The number of rotatable bonds is 2. The minimum absolute atomic E-state index is 0.156. The van der Waals surface area contributed by atoms with E-state index in [1.165, 1.54) is 0 Å². The molecule has 0 saturated heterocycles. The van der Waals surface area contributed by atoms with Crippen LogP contribution >= 0.6 is 0 Å². The van der Waals surface area contributed by atoms with Gasteiger partial charge in [-0.15, -0.1) is 0 Å². The van der Waals surface area contributed by atoms with Crippen LogP contribution < -0.4 is 5.32 Å². The lowest BCUT2D eigenvalue weighted by molar-refractivity contribution is -0.120. The van der Waals surface area contributed by atoms with Crippen LogP contribution in [-0.4, -0.2) is 5.91 Å². The van der Waals surface area contributed by atoms with Gasteiger partial charge in [-0.3, -0.25) is 4.79 Å². The fourth-order valence-corrected chi connectivity index (χ4v) is 3.64. The first kappa shape index (κ1) is 11.7. The van der Waals surface area contributed by atoms with Crippen molar-refractivity contribution in [2.24, 2.45) is 17.8 Å². The molecule has 2 nitrogen and oxygen atoms in total. The summed E-state index contributed by atoms with van der Waals surface area (Å²) in [4.78, 5) is 12.5. The van der Waals surface area contributed by atoms with Gasteiger partial charge in [-0.05, 0) is 36.1 Å². The lowest BCUT2D eigenvalue weighted by atomic mass is 9.92. The number of hydrogen-bond donors (Lipinski definition) is 1. The van der Waals surface area contributed by atoms with Crippen molar-refractivity contribution in [2.75, 3.05) is 5.32 Å². The summed E-state index contributed by atoms with van der Waals surface area (Å²) in [6.07, 6.45) is 6.67. The molecule has 2 aliphatic rings. The Morgan fingerprint density at radius 1 is 1.00 bits per heavy atom. The number of benzene rings is 2. The largest absolute Gasteiger partial charge is 0.325 e. The topological polar surface area (TPSA) is 29.1 Å². The molecule has 20 heavy (non-hydrogen) atoms. The van der Waals surface area contributed by atoms with Crippen molar-refractivity contribution >= 4 is 22.4 Å². The summed E-state index contributed by atoms with van der Waals surface area (Å²) in [6.45, 7) is 0. The molecule has 2 aromatic carbocycles. The van der Waals surface area contributed by atoms with Crippen molar-refractivity contribution in [3.05, 3.63) is 54.6 Å². The van der Waals surface area contributed by atoms with E-state index in [4.69, 9.17) is 0 Å². The van der Waals surface area contributed by atoms with Gasteiger partial charge in [-0.1, -0.05) is 48.6 Å². The molecule has 3 atom stereocenters. The number of amides is 1. The van der Waals surface area contributed by atoms with Crippen molar-refractivity contribution in [2.45, 2.75) is 12.8 Å². The molecule has 0 aromatic heterocycles. The number of anilines is 1. The van der Waals surface area contributed by atoms with E-state index in [2.05, 4.69) is 35.7 Å². The minimum Gasteiger partial charge on any atom is -0.325 e. The lowest BCUT2D eigenvalue weighted by Crippen LogP contribution is -2.25. The molecule has 2 heteroatoms. The summed E-state index contributed by atoms with van der Waals surface area (Å²) in [5, 5.41) is 5.42. The molecule has 0 spiro atoms. The van der Waals surface area contributed by atoms with Gasteiger partial charge in [-0.2, -0.15) is 0 Å². The number of carbonyl (C=O) groups is 1. The summed E-state index contributed by atoms with van der Waals surface area (Å²) in [6, 6.07) is 14.2. The summed E-state index contributed by atoms with van der Waals surface area (Å²) in [5.74, 6) is 1.42. The molecule has 4 rings (SSSR count). The highest BCUT2D eigenvalue weighted by atomic mass is 16.1. The van der Waals surface area contributed by atoms with Crippen LogP contribution in [0, 0.1) is 17.8 Å². The minimum atomic E-state index is 0.156. The Morgan fingerprint density at radius 3 is 2.65 bits per heavy atom. The highest BCUT2D eigenvalue weighted by Gasteiger charge is 2.39. The average Bonchev–Trinajstić information content (AvgIpc) is 3.10. The van der Waals surface area contributed by atoms with Gasteiger partial charge in [0.1, 0.15) is 0 Å².